The van der Waals surface area contributed by atoms with Gasteiger partial charge in [-0.25, -0.2) is 0 Å². The van der Waals surface area contributed by atoms with Gasteiger partial charge in [0.15, 0.2) is 0 Å². The van der Waals surface area contributed by atoms with Gasteiger partial charge in [-0.1, -0.05) is 18.2 Å². The summed E-state index contributed by atoms with van der Waals surface area (Å²) in [5.41, 5.74) is 1.91. The number of nitriles is 1. The highest BCUT2D eigenvalue weighted by Crippen LogP contribution is 2.12. The molecule has 0 saturated carbocycles. The number of aromatic hydroxyl groups is 1. The van der Waals surface area contributed by atoms with E-state index < -0.39 is 0 Å². The van der Waals surface area contributed by atoms with Gasteiger partial charge in [0.2, 0.25) is 5.91 Å². The van der Waals surface area contributed by atoms with E-state index in [2.05, 4.69) is 5.32 Å². The Morgan fingerprint density at radius 1 is 1.21 bits per heavy atom. The lowest BCUT2D eigenvalue weighted by atomic mass is 10.1. The van der Waals surface area contributed by atoms with Crippen LogP contribution in [-0.2, 0) is 11.2 Å². The van der Waals surface area contributed by atoms with Crippen LogP contribution in [0.5, 0.6) is 5.75 Å². The maximum atomic E-state index is 11.8. The average molecular weight is 252 g/mol. The lowest BCUT2D eigenvalue weighted by molar-refractivity contribution is -0.115. The molecule has 4 heteroatoms. The Morgan fingerprint density at radius 2 is 1.95 bits per heavy atom. The van der Waals surface area contributed by atoms with Gasteiger partial charge in [-0.15, -0.1) is 0 Å². The van der Waals surface area contributed by atoms with Crippen LogP contribution in [0.15, 0.2) is 48.5 Å². The molecule has 2 rings (SSSR count). The SMILES string of the molecule is N#Cc1cccc(NC(=O)Cc2ccc(O)cc2)c1. The first-order chi connectivity index (χ1) is 9.17. The fourth-order valence-electron chi connectivity index (χ4n) is 1.67. The Kier molecular flexibility index (Phi) is 3.79. The van der Waals surface area contributed by atoms with Gasteiger partial charge in [0.05, 0.1) is 18.1 Å². The highest BCUT2D eigenvalue weighted by atomic mass is 16.3. The van der Waals surface area contributed by atoms with Crippen molar-refractivity contribution < 1.29 is 9.90 Å². The largest absolute Gasteiger partial charge is 0.508 e. The van der Waals surface area contributed by atoms with Gasteiger partial charge in [0, 0.05) is 5.69 Å². The third-order valence-electron chi connectivity index (χ3n) is 2.58. The van der Waals surface area contributed by atoms with E-state index in [1.807, 2.05) is 6.07 Å². The van der Waals surface area contributed by atoms with Crippen LogP contribution in [0.1, 0.15) is 11.1 Å². The Hall–Kier alpha value is -2.80. The molecule has 19 heavy (non-hydrogen) atoms. The predicted molar refractivity (Wildman–Crippen MR) is 71.6 cm³/mol. The third-order valence-corrected chi connectivity index (χ3v) is 2.58. The maximum Gasteiger partial charge on any atom is 0.228 e. The fourth-order valence-corrected chi connectivity index (χ4v) is 1.67. The van der Waals surface area contributed by atoms with E-state index in [1.54, 1.807) is 48.5 Å². The van der Waals surface area contributed by atoms with Gasteiger partial charge < -0.3 is 10.4 Å². The predicted octanol–water partition coefficient (Wildman–Crippen LogP) is 2.45. The van der Waals surface area contributed by atoms with Crippen LogP contribution in [0.2, 0.25) is 0 Å². The summed E-state index contributed by atoms with van der Waals surface area (Å²) in [7, 11) is 0. The van der Waals surface area contributed by atoms with Gasteiger partial charge >= 0.3 is 0 Å². The number of hydrogen-bond acceptors (Lipinski definition) is 3. The van der Waals surface area contributed by atoms with Crippen LogP contribution in [0.4, 0.5) is 5.69 Å². The molecule has 0 aliphatic carbocycles. The number of nitrogens with zero attached hydrogens (tertiary/aromatic N) is 1. The van der Waals surface area contributed by atoms with Gasteiger partial charge in [-0.3, -0.25) is 4.79 Å². The lowest BCUT2D eigenvalue weighted by Gasteiger charge is -2.05. The molecule has 0 spiro atoms. The first kappa shape index (κ1) is 12.7. The van der Waals surface area contributed by atoms with Crippen LogP contribution in [0.3, 0.4) is 0 Å². The minimum Gasteiger partial charge on any atom is -0.508 e. The first-order valence-electron chi connectivity index (χ1n) is 5.75. The second kappa shape index (κ2) is 5.69. The smallest absolute Gasteiger partial charge is 0.228 e. The number of phenolic OH excluding ortho intramolecular Hbond substituents is 1. The monoisotopic (exact) mass is 252 g/mol. The molecule has 0 heterocycles. The number of rotatable bonds is 3. The van der Waals surface area contributed by atoms with Gasteiger partial charge in [-0.2, -0.15) is 5.26 Å². The van der Waals surface area contributed by atoms with Gasteiger partial charge in [-0.05, 0) is 35.9 Å². The molecule has 0 atom stereocenters. The molecule has 0 aliphatic heterocycles. The number of benzene rings is 2. The molecule has 0 radical (unpaired) electrons. The molecule has 0 aliphatic rings. The Labute approximate surface area is 110 Å². The quantitative estimate of drug-likeness (QED) is 0.881. The zero-order chi connectivity index (χ0) is 13.7. The van der Waals surface area contributed by atoms with Crippen molar-refractivity contribution in [2.45, 2.75) is 6.42 Å². The summed E-state index contributed by atoms with van der Waals surface area (Å²) in [6.45, 7) is 0. The molecule has 0 fully saturated rings. The molecule has 1 amide bonds. The van der Waals surface area contributed by atoms with Crippen molar-refractivity contribution in [1.29, 1.82) is 5.26 Å². The molecule has 2 N–H and O–H groups in total. The van der Waals surface area contributed by atoms with Crippen molar-refractivity contribution in [3.05, 3.63) is 59.7 Å². The van der Waals surface area contributed by atoms with Crippen LogP contribution in [-0.4, -0.2) is 11.0 Å². The first-order valence-corrected chi connectivity index (χ1v) is 5.75. The molecular weight excluding hydrogens is 240 g/mol. The van der Waals surface area contributed by atoms with Crippen molar-refractivity contribution in [3.8, 4) is 11.8 Å². The van der Waals surface area contributed by atoms with Crippen molar-refractivity contribution in [3.63, 3.8) is 0 Å². The summed E-state index contributed by atoms with van der Waals surface area (Å²) in [6.07, 6.45) is 0.219. The summed E-state index contributed by atoms with van der Waals surface area (Å²) in [5, 5.41) is 20.7. The van der Waals surface area contributed by atoms with E-state index in [-0.39, 0.29) is 18.1 Å². The summed E-state index contributed by atoms with van der Waals surface area (Å²) >= 11 is 0. The second-order valence-electron chi connectivity index (χ2n) is 4.08. The van der Waals surface area contributed by atoms with E-state index in [1.165, 1.54) is 0 Å². The van der Waals surface area contributed by atoms with Crippen molar-refractivity contribution in [2.24, 2.45) is 0 Å². The zero-order valence-electron chi connectivity index (χ0n) is 10.1. The standard InChI is InChI=1S/C15H12N2O2/c16-10-12-2-1-3-13(8-12)17-15(19)9-11-4-6-14(18)7-5-11/h1-8,18H,9H2,(H,17,19). The van der Waals surface area contributed by atoms with E-state index in [9.17, 15) is 4.79 Å². The van der Waals surface area contributed by atoms with Crippen LogP contribution in [0, 0.1) is 11.3 Å². The molecule has 0 saturated heterocycles. The number of phenols is 1. The topological polar surface area (TPSA) is 73.1 Å². The lowest BCUT2D eigenvalue weighted by Crippen LogP contribution is -2.14. The molecule has 4 nitrogen and oxygen atoms in total. The second-order valence-corrected chi connectivity index (χ2v) is 4.08. The van der Waals surface area contributed by atoms with E-state index >= 15 is 0 Å². The fraction of sp³-hybridized carbons (Fsp3) is 0.0667. The summed E-state index contributed by atoms with van der Waals surface area (Å²) < 4.78 is 0. The molecule has 0 unspecified atom stereocenters. The Balaban J connectivity index is 2.01. The minimum absolute atomic E-state index is 0.166. The Morgan fingerprint density at radius 3 is 2.63 bits per heavy atom. The maximum absolute atomic E-state index is 11.8. The Bertz CT molecular complexity index is 627. The molecule has 0 aromatic heterocycles. The van der Waals surface area contributed by atoms with Gasteiger partial charge in [0.25, 0.3) is 0 Å². The number of carbonyl (C=O) groups excluding carboxylic acids is 1. The minimum atomic E-state index is -0.166. The highest BCUT2D eigenvalue weighted by Gasteiger charge is 2.04. The van der Waals surface area contributed by atoms with E-state index in [0.29, 0.717) is 11.3 Å². The van der Waals surface area contributed by atoms with E-state index in [4.69, 9.17) is 10.4 Å². The highest BCUT2D eigenvalue weighted by molar-refractivity contribution is 5.92. The number of amides is 1. The zero-order valence-corrected chi connectivity index (χ0v) is 10.1. The van der Waals surface area contributed by atoms with Crippen molar-refractivity contribution in [2.75, 3.05) is 5.32 Å². The number of nitrogens with one attached hydrogen (secondary N) is 1. The van der Waals surface area contributed by atoms with Gasteiger partial charge in [0.1, 0.15) is 5.75 Å². The molecule has 2 aromatic rings. The van der Waals surface area contributed by atoms with Crippen LogP contribution in [0.25, 0.3) is 0 Å². The summed E-state index contributed by atoms with van der Waals surface area (Å²) in [5.74, 6) is 0.00617. The summed E-state index contributed by atoms with van der Waals surface area (Å²) in [4.78, 5) is 11.8. The van der Waals surface area contributed by atoms with Crippen LogP contribution >= 0.6 is 0 Å². The normalized spacial score (nSPS) is 9.63. The molecule has 94 valence electrons. The average Bonchev–Trinajstić information content (AvgIpc) is 2.41. The van der Waals surface area contributed by atoms with Crippen molar-refractivity contribution >= 4 is 11.6 Å². The molecular formula is C15H12N2O2. The summed E-state index contributed by atoms with van der Waals surface area (Å²) in [6, 6.07) is 15.2. The molecule has 0 bridgehead atoms. The third kappa shape index (κ3) is 3.58. The number of hydrogen-bond donors (Lipinski definition) is 2. The van der Waals surface area contributed by atoms with E-state index in [0.717, 1.165) is 5.56 Å². The number of carbonyl (C=O) groups is 1. The molecule has 2 aromatic carbocycles. The number of anilines is 1. The van der Waals surface area contributed by atoms with Crippen molar-refractivity contribution in [1.82, 2.24) is 0 Å². The van der Waals surface area contributed by atoms with Crippen LogP contribution < -0.4 is 5.32 Å².